The quantitative estimate of drug-likeness (QED) is 0.717. The van der Waals surface area contributed by atoms with Gasteiger partial charge in [0, 0.05) is 13.1 Å². The van der Waals surface area contributed by atoms with Gasteiger partial charge in [0.25, 0.3) is 0 Å². The Bertz CT molecular complexity index is 704. The number of nitrogens with zero attached hydrogens (tertiary/aromatic N) is 2. The Morgan fingerprint density at radius 1 is 0.893 bits per heavy atom. The summed E-state index contributed by atoms with van der Waals surface area (Å²) < 4.78 is 40.4. The van der Waals surface area contributed by atoms with Gasteiger partial charge in [-0.3, -0.25) is 4.79 Å². The number of benzene rings is 2. The smallest absolute Gasteiger partial charge is 0.322 e. The number of carbonyl (C=O) groups excluding carboxylic acids is 1. The lowest BCUT2D eigenvalue weighted by atomic mass is 9.96. The highest BCUT2D eigenvalue weighted by Gasteiger charge is 2.45. The van der Waals surface area contributed by atoms with Crippen LogP contribution in [0.1, 0.15) is 36.4 Å². The summed E-state index contributed by atoms with van der Waals surface area (Å²) in [6.45, 7) is 2.22. The maximum atomic E-state index is 13.5. The molecule has 1 saturated heterocycles. The molecule has 0 bridgehead atoms. The molecule has 0 N–H and O–H groups in total. The molecule has 0 atom stereocenters. The Balaban J connectivity index is 1.94. The first-order chi connectivity index (χ1) is 13.5. The average molecular weight is 390 g/mol. The maximum absolute atomic E-state index is 13.5. The van der Waals surface area contributed by atoms with Gasteiger partial charge in [0.1, 0.15) is 0 Å². The van der Waals surface area contributed by atoms with Crippen molar-refractivity contribution in [1.29, 1.82) is 0 Å². The summed E-state index contributed by atoms with van der Waals surface area (Å²) in [5.74, 6) is -1.79. The molecular weight excluding hydrogens is 365 g/mol. The average Bonchev–Trinajstić information content (AvgIpc) is 2.72. The number of amides is 1. The normalized spacial score (nSPS) is 15.6. The molecule has 1 fully saturated rings. The molecule has 28 heavy (non-hydrogen) atoms. The van der Waals surface area contributed by atoms with Crippen LogP contribution in [0.2, 0.25) is 0 Å². The van der Waals surface area contributed by atoms with E-state index in [0.29, 0.717) is 17.7 Å². The van der Waals surface area contributed by atoms with Crippen molar-refractivity contribution in [2.45, 2.75) is 31.5 Å². The zero-order valence-corrected chi connectivity index (χ0v) is 15.7. The van der Waals surface area contributed by atoms with Crippen LogP contribution in [0.25, 0.3) is 0 Å². The minimum absolute atomic E-state index is 0.0345. The Hall–Kier alpha value is -2.34. The van der Waals surface area contributed by atoms with Crippen LogP contribution in [0.15, 0.2) is 60.7 Å². The van der Waals surface area contributed by atoms with Gasteiger partial charge in [-0.05, 0) is 37.1 Å². The van der Waals surface area contributed by atoms with Gasteiger partial charge in [0.2, 0.25) is 0 Å². The molecule has 3 nitrogen and oxygen atoms in total. The van der Waals surface area contributed by atoms with Crippen LogP contribution in [-0.2, 0) is 4.79 Å². The predicted molar refractivity (Wildman–Crippen MR) is 103 cm³/mol. The van der Waals surface area contributed by atoms with Crippen LogP contribution in [0.5, 0.6) is 0 Å². The molecule has 0 radical (unpaired) electrons. The number of likely N-dealkylation sites (tertiary alicyclic amines) is 1. The van der Waals surface area contributed by atoms with Gasteiger partial charge in [-0.2, -0.15) is 13.2 Å². The maximum Gasteiger partial charge on any atom is 0.471 e. The summed E-state index contributed by atoms with van der Waals surface area (Å²) in [6, 6.07) is 17.1. The van der Waals surface area contributed by atoms with E-state index in [1.807, 2.05) is 12.1 Å². The van der Waals surface area contributed by atoms with Gasteiger partial charge in [0.05, 0.1) is 6.04 Å². The second kappa shape index (κ2) is 9.24. The van der Waals surface area contributed by atoms with E-state index in [0.717, 1.165) is 37.3 Å². The molecule has 150 valence electrons. The van der Waals surface area contributed by atoms with Gasteiger partial charge in [0.15, 0.2) is 0 Å². The van der Waals surface area contributed by atoms with Crippen molar-refractivity contribution in [2.24, 2.45) is 0 Å². The SMILES string of the molecule is O=C(N(CCN1CCCCC1)C(c1ccccc1)c1ccccc1)C(F)(F)F. The monoisotopic (exact) mass is 390 g/mol. The largest absolute Gasteiger partial charge is 0.471 e. The Labute approximate surface area is 163 Å². The van der Waals surface area contributed by atoms with Gasteiger partial charge in [-0.15, -0.1) is 0 Å². The highest BCUT2D eigenvalue weighted by molar-refractivity contribution is 5.82. The molecule has 0 spiro atoms. The fraction of sp³-hybridized carbons (Fsp3) is 0.409. The van der Waals surface area contributed by atoms with Crippen LogP contribution in [0, 0.1) is 0 Å². The van der Waals surface area contributed by atoms with Crippen molar-refractivity contribution in [3.8, 4) is 0 Å². The molecule has 0 aliphatic carbocycles. The van der Waals surface area contributed by atoms with Crippen LogP contribution >= 0.6 is 0 Å². The summed E-state index contributed by atoms with van der Waals surface area (Å²) in [5.41, 5.74) is 1.34. The minimum atomic E-state index is -4.91. The zero-order chi connectivity index (χ0) is 20.0. The number of hydrogen-bond acceptors (Lipinski definition) is 2. The van der Waals surface area contributed by atoms with Crippen molar-refractivity contribution in [3.63, 3.8) is 0 Å². The van der Waals surface area contributed by atoms with E-state index in [2.05, 4.69) is 4.90 Å². The lowest BCUT2D eigenvalue weighted by Crippen LogP contribution is -2.47. The molecule has 3 rings (SSSR count). The van der Waals surface area contributed by atoms with Crippen molar-refractivity contribution in [2.75, 3.05) is 26.2 Å². The molecule has 6 heteroatoms. The van der Waals surface area contributed by atoms with Crippen molar-refractivity contribution >= 4 is 5.91 Å². The second-order valence-electron chi connectivity index (χ2n) is 7.12. The third-order valence-corrected chi connectivity index (χ3v) is 5.15. The van der Waals surface area contributed by atoms with Crippen LogP contribution in [0.4, 0.5) is 13.2 Å². The molecule has 1 aliphatic heterocycles. The second-order valence-corrected chi connectivity index (χ2v) is 7.12. The molecule has 1 aliphatic rings. The number of carbonyl (C=O) groups is 1. The summed E-state index contributed by atoms with van der Waals surface area (Å²) in [4.78, 5) is 15.5. The molecule has 1 heterocycles. The summed E-state index contributed by atoms with van der Waals surface area (Å²) in [5, 5.41) is 0. The number of rotatable bonds is 6. The lowest BCUT2D eigenvalue weighted by Gasteiger charge is -2.35. The van der Waals surface area contributed by atoms with E-state index in [1.54, 1.807) is 48.5 Å². The molecule has 2 aromatic rings. The van der Waals surface area contributed by atoms with Gasteiger partial charge in [-0.1, -0.05) is 67.1 Å². The molecule has 0 aromatic heterocycles. The Morgan fingerprint density at radius 3 is 1.86 bits per heavy atom. The third-order valence-electron chi connectivity index (χ3n) is 5.15. The number of hydrogen-bond donors (Lipinski definition) is 0. The lowest BCUT2D eigenvalue weighted by molar-refractivity contribution is -0.187. The van der Waals surface area contributed by atoms with Crippen molar-refractivity contribution in [3.05, 3.63) is 71.8 Å². The van der Waals surface area contributed by atoms with Gasteiger partial charge >= 0.3 is 12.1 Å². The van der Waals surface area contributed by atoms with E-state index in [1.165, 1.54) is 0 Å². The van der Waals surface area contributed by atoms with Crippen molar-refractivity contribution in [1.82, 2.24) is 9.80 Å². The van der Waals surface area contributed by atoms with Crippen LogP contribution in [-0.4, -0.2) is 48.1 Å². The Kier molecular flexibility index (Phi) is 6.73. The van der Waals surface area contributed by atoms with Gasteiger partial charge < -0.3 is 9.80 Å². The predicted octanol–water partition coefficient (Wildman–Crippen LogP) is 4.65. The highest BCUT2D eigenvalue weighted by atomic mass is 19.4. The molecular formula is C22H25F3N2O. The first-order valence-corrected chi connectivity index (χ1v) is 9.67. The molecule has 2 aromatic carbocycles. The molecule has 1 amide bonds. The summed E-state index contributed by atoms with van der Waals surface area (Å²) in [7, 11) is 0. The van der Waals surface area contributed by atoms with Gasteiger partial charge in [-0.25, -0.2) is 0 Å². The van der Waals surface area contributed by atoms with Crippen LogP contribution < -0.4 is 0 Å². The van der Waals surface area contributed by atoms with E-state index >= 15 is 0 Å². The minimum Gasteiger partial charge on any atom is -0.322 e. The number of alkyl halides is 3. The zero-order valence-electron chi connectivity index (χ0n) is 15.7. The fourth-order valence-electron chi connectivity index (χ4n) is 3.77. The van der Waals surface area contributed by atoms with Crippen molar-refractivity contribution < 1.29 is 18.0 Å². The number of halogens is 3. The topological polar surface area (TPSA) is 23.6 Å². The fourth-order valence-corrected chi connectivity index (χ4v) is 3.77. The molecule has 0 unspecified atom stereocenters. The standard InChI is InChI=1S/C22H25F3N2O/c23-22(24,25)21(28)27(17-16-26-14-8-3-9-15-26)20(18-10-4-1-5-11-18)19-12-6-2-7-13-19/h1-2,4-7,10-13,20H,3,8-9,14-17H2. The first-order valence-electron chi connectivity index (χ1n) is 9.67. The van der Waals surface area contributed by atoms with E-state index < -0.39 is 18.1 Å². The highest BCUT2D eigenvalue weighted by Crippen LogP contribution is 2.32. The summed E-state index contributed by atoms with van der Waals surface area (Å²) in [6.07, 6.45) is -1.66. The Morgan fingerprint density at radius 2 is 1.39 bits per heavy atom. The first kappa shape index (κ1) is 20.4. The number of piperidine rings is 1. The summed E-state index contributed by atoms with van der Waals surface area (Å²) >= 11 is 0. The van der Waals surface area contributed by atoms with Crippen LogP contribution in [0.3, 0.4) is 0 Å². The van der Waals surface area contributed by atoms with E-state index in [4.69, 9.17) is 0 Å². The van der Waals surface area contributed by atoms with E-state index in [9.17, 15) is 18.0 Å². The molecule has 0 saturated carbocycles. The van der Waals surface area contributed by atoms with E-state index in [-0.39, 0.29) is 6.54 Å². The third kappa shape index (κ3) is 5.13.